The summed E-state index contributed by atoms with van der Waals surface area (Å²) >= 11 is 5.74. The summed E-state index contributed by atoms with van der Waals surface area (Å²) in [7, 11) is 0. The third-order valence-corrected chi connectivity index (χ3v) is 2.63. The van der Waals surface area contributed by atoms with Crippen LogP contribution in [-0.4, -0.2) is 10.9 Å². The molecule has 1 amide bonds. The fourth-order valence-corrected chi connectivity index (χ4v) is 1.64. The van der Waals surface area contributed by atoms with E-state index in [1.54, 1.807) is 0 Å². The van der Waals surface area contributed by atoms with E-state index in [0.717, 1.165) is 0 Å². The van der Waals surface area contributed by atoms with Crippen LogP contribution in [0.2, 0.25) is 5.02 Å². The first-order valence-electron chi connectivity index (χ1n) is 5.26. The molecule has 2 rings (SSSR count). The van der Waals surface area contributed by atoms with E-state index in [9.17, 15) is 18.0 Å². The summed E-state index contributed by atoms with van der Waals surface area (Å²) < 4.78 is 39.4. The summed E-state index contributed by atoms with van der Waals surface area (Å²) in [6.07, 6.45) is 0. The van der Waals surface area contributed by atoms with Gasteiger partial charge in [-0.15, -0.1) is 0 Å². The highest BCUT2D eigenvalue weighted by Gasteiger charge is 2.17. The van der Waals surface area contributed by atoms with Crippen LogP contribution in [0, 0.1) is 17.5 Å². The number of hydrogen-bond donors (Lipinski definition) is 2. The highest BCUT2D eigenvalue weighted by molar-refractivity contribution is 6.34. The second-order valence-corrected chi connectivity index (χ2v) is 4.18. The van der Waals surface area contributed by atoms with E-state index >= 15 is 0 Å². The van der Waals surface area contributed by atoms with E-state index in [-0.39, 0.29) is 16.5 Å². The van der Waals surface area contributed by atoms with Crippen molar-refractivity contribution < 1.29 is 18.0 Å². The number of benzene rings is 1. The molecule has 8 heteroatoms. The monoisotopic (exact) mass is 301 g/mol. The highest BCUT2D eigenvalue weighted by atomic mass is 35.5. The molecule has 1 heterocycles. The smallest absolute Gasteiger partial charge is 0.275 e. The molecule has 0 fully saturated rings. The molecular weight excluding hydrogens is 295 g/mol. The minimum atomic E-state index is -1.42. The maximum Gasteiger partial charge on any atom is 0.275 e. The van der Waals surface area contributed by atoms with Gasteiger partial charge in [0.1, 0.15) is 17.3 Å². The summed E-state index contributed by atoms with van der Waals surface area (Å²) in [5, 5.41) is 1.95. The molecule has 1 aromatic carbocycles. The SMILES string of the molecule is Nc1ccc(Cl)c(C(=O)Nc2cc(F)cc(F)c2F)n1. The number of carbonyl (C=O) groups excluding carboxylic acids is 1. The van der Waals surface area contributed by atoms with Crippen molar-refractivity contribution in [3.63, 3.8) is 0 Å². The van der Waals surface area contributed by atoms with Crippen LogP contribution in [0.3, 0.4) is 0 Å². The Balaban J connectivity index is 2.35. The van der Waals surface area contributed by atoms with E-state index < -0.39 is 29.0 Å². The molecule has 0 aliphatic carbocycles. The van der Waals surface area contributed by atoms with Crippen LogP contribution < -0.4 is 11.1 Å². The van der Waals surface area contributed by atoms with Gasteiger partial charge in [-0.3, -0.25) is 4.79 Å². The van der Waals surface area contributed by atoms with Gasteiger partial charge in [0.25, 0.3) is 5.91 Å². The standard InChI is InChI=1S/C12H7ClF3N3O/c13-6-1-2-9(17)19-11(6)12(20)18-8-4-5(14)3-7(15)10(8)16/h1-4H,(H2,17,19)(H,18,20). The Labute approximate surface area is 116 Å². The molecule has 2 aromatic rings. The van der Waals surface area contributed by atoms with Crippen molar-refractivity contribution in [2.24, 2.45) is 0 Å². The van der Waals surface area contributed by atoms with Gasteiger partial charge in [0.05, 0.1) is 10.7 Å². The van der Waals surface area contributed by atoms with Crippen molar-refractivity contribution in [1.29, 1.82) is 0 Å². The van der Waals surface area contributed by atoms with Gasteiger partial charge in [-0.05, 0) is 12.1 Å². The van der Waals surface area contributed by atoms with Crippen LogP contribution in [-0.2, 0) is 0 Å². The number of nitrogen functional groups attached to an aromatic ring is 1. The van der Waals surface area contributed by atoms with Crippen molar-refractivity contribution >= 4 is 29.0 Å². The van der Waals surface area contributed by atoms with E-state index in [1.807, 2.05) is 5.32 Å². The molecule has 0 atom stereocenters. The third-order valence-electron chi connectivity index (χ3n) is 2.32. The average molecular weight is 302 g/mol. The number of pyridine rings is 1. The van der Waals surface area contributed by atoms with Gasteiger partial charge in [-0.1, -0.05) is 11.6 Å². The van der Waals surface area contributed by atoms with Gasteiger partial charge in [0.2, 0.25) is 0 Å². The molecule has 3 N–H and O–H groups in total. The van der Waals surface area contributed by atoms with Crippen LogP contribution in [0.4, 0.5) is 24.7 Å². The van der Waals surface area contributed by atoms with Crippen molar-refractivity contribution in [3.8, 4) is 0 Å². The molecule has 0 saturated heterocycles. The molecule has 20 heavy (non-hydrogen) atoms. The summed E-state index contributed by atoms with van der Waals surface area (Å²) in [4.78, 5) is 15.5. The molecule has 0 aliphatic heterocycles. The zero-order valence-electron chi connectivity index (χ0n) is 9.75. The maximum atomic E-state index is 13.4. The predicted octanol–water partition coefficient (Wildman–Crippen LogP) is 2.99. The summed E-state index contributed by atoms with van der Waals surface area (Å²) in [6.45, 7) is 0. The molecule has 0 aliphatic rings. The van der Waals surface area contributed by atoms with Gasteiger partial charge in [0, 0.05) is 12.1 Å². The fraction of sp³-hybridized carbons (Fsp3) is 0. The van der Waals surface area contributed by atoms with E-state index in [4.69, 9.17) is 17.3 Å². The Bertz CT molecular complexity index is 694. The number of rotatable bonds is 2. The number of nitrogens with one attached hydrogen (secondary N) is 1. The quantitative estimate of drug-likeness (QED) is 0.838. The van der Waals surface area contributed by atoms with Gasteiger partial charge < -0.3 is 11.1 Å². The van der Waals surface area contributed by atoms with E-state index in [2.05, 4.69) is 4.98 Å². The minimum Gasteiger partial charge on any atom is -0.384 e. The average Bonchev–Trinajstić information content (AvgIpc) is 2.38. The number of nitrogens with zero attached hydrogens (tertiary/aromatic N) is 1. The Kier molecular flexibility index (Phi) is 3.80. The fourth-order valence-electron chi connectivity index (χ4n) is 1.44. The Morgan fingerprint density at radius 3 is 2.65 bits per heavy atom. The number of hydrogen-bond acceptors (Lipinski definition) is 3. The van der Waals surface area contributed by atoms with Crippen LogP contribution in [0.15, 0.2) is 24.3 Å². The maximum absolute atomic E-state index is 13.4. The van der Waals surface area contributed by atoms with Crippen molar-refractivity contribution in [3.05, 3.63) is 52.4 Å². The molecule has 0 spiro atoms. The second-order valence-electron chi connectivity index (χ2n) is 3.77. The zero-order chi connectivity index (χ0) is 14.9. The minimum absolute atomic E-state index is 0.0189. The Hall–Kier alpha value is -2.28. The Morgan fingerprint density at radius 2 is 1.95 bits per heavy atom. The molecule has 4 nitrogen and oxygen atoms in total. The van der Waals surface area contributed by atoms with Gasteiger partial charge in [-0.25, -0.2) is 18.2 Å². The molecular formula is C12H7ClF3N3O. The van der Waals surface area contributed by atoms with Crippen molar-refractivity contribution in [2.45, 2.75) is 0 Å². The predicted molar refractivity (Wildman–Crippen MR) is 67.9 cm³/mol. The first kappa shape index (κ1) is 14.1. The zero-order valence-corrected chi connectivity index (χ0v) is 10.5. The first-order valence-corrected chi connectivity index (χ1v) is 5.64. The highest BCUT2D eigenvalue weighted by Crippen LogP contribution is 2.21. The van der Waals surface area contributed by atoms with Crippen LogP contribution >= 0.6 is 11.6 Å². The third kappa shape index (κ3) is 2.83. The van der Waals surface area contributed by atoms with Gasteiger partial charge in [0.15, 0.2) is 11.6 Å². The van der Waals surface area contributed by atoms with Crippen LogP contribution in [0.5, 0.6) is 0 Å². The molecule has 0 saturated carbocycles. The summed E-state index contributed by atoms with van der Waals surface area (Å²) in [5.74, 6) is -4.77. The lowest BCUT2D eigenvalue weighted by molar-refractivity contribution is 0.102. The molecule has 0 radical (unpaired) electrons. The molecule has 0 bridgehead atoms. The number of carbonyl (C=O) groups is 1. The van der Waals surface area contributed by atoms with Crippen LogP contribution in [0.25, 0.3) is 0 Å². The van der Waals surface area contributed by atoms with E-state index in [1.165, 1.54) is 12.1 Å². The van der Waals surface area contributed by atoms with Crippen LogP contribution in [0.1, 0.15) is 10.5 Å². The van der Waals surface area contributed by atoms with E-state index in [0.29, 0.717) is 12.1 Å². The lowest BCUT2D eigenvalue weighted by Crippen LogP contribution is -2.16. The molecule has 0 unspecified atom stereocenters. The summed E-state index contributed by atoms with van der Waals surface area (Å²) in [5.41, 5.74) is 4.45. The topological polar surface area (TPSA) is 68.0 Å². The number of nitrogens with two attached hydrogens (primary N) is 1. The number of anilines is 2. The largest absolute Gasteiger partial charge is 0.384 e. The number of amides is 1. The number of halogens is 4. The normalized spacial score (nSPS) is 10.4. The summed E-state index contributed by atoms with van der Waals surface area (Å²) in [6, 6.07) is 3.68. The van der Waals surface area contributed by atoms with Gasteiger partial charge >= 0.3 is 0 Å². The lowest BCUT2D eigenvalue weighted by Gasteiger charge is -2.08. The Morgan fingerprint density at radius 1 is 1.25 bits per heavy atom. The van der Waals surface area contributed by atoms with Crippen molar-refractivity contribution in [2.75, 3.05) is 11.1 Å². The second kappa shape index (κ2) is 5.38. The molecule has 1 aromatic heterocycles. The number of aromatic nitrogens is 1. The van der Waals surface area contributed by atoms with Crippen molar-refractivity contribution in [1.82, 2.24) is 4.98 Å². The first-order chi connectivity index (χ1) is 9.38. The lowest BCUT2D eigenvalue weighted by atomic mass is 10.2. The molecule has 104 valence electrons. The van der Waals surface area contributed by atoms with Gasteiger partial charge in [-0.2, -0.15) is 0 Å².